The Labute approximate surface area is 241 Å². The molecule has 0 radical (unpaired) electrons. The number of hydrogen-bond donors (Lipinski definition) is 1. The van der Waals surface area contributed by atoms with Crippen molar-refractivity contribution in [3.05, 3.63) is 102 Å². The third kappa shape index (κ3) is 5.94. The minimum atomic E-state index is -1.01. The first-order valence-electron chi connectivity index (χ1n) is 14.8. The number of carbonyl (C=O) groups excluding carboxylic acids is 1. The van der Waals surface area contributed by atoms with Crippen molar-refractivity contribution in [1.82, 2.24) is 20.2 Å². The van der Waals surface area contributed by atoms with E-state index in [1.54, 1.807) is 0 Å². The Morgan fingerprint density at radius 2 is 1.34 bits per heavy atom. The zero-order chi connectivity index (χ0) is 28.0. The van der Waals surface area contributed by atoms with Gasteiger partial charge in [-0.1, -0.05) is 92.1 Å². The molecule has 1 amide bonds. The Morgan fingerprint density at radius 3 is 1.93 bits per heavy atom. The topological polar surface area (TPSA) is 85.1 Å². The number of aromatic nitrogens is 2. The quantitative estimate of drug-likeness (QED) is 0.326. The molecular weight excluding hydrogens is 508 g/mol. The van der Waals surface area contributed by atoms with Gasteiger partial charge in [-0.15, -0.1) is 0 Å². The van der Waals surface area contributed by atoms with Crippen LogP contribution in [-0.4, -0.2) is 53.0 Å². The Morgan fingerprint density at radius 1 is 0.780 bits per heavy atom. The van der Waals surface area contributed by atoms with E-state index in [9.17, 15) is 10.1 Å². The molecule has 1 unspecified atom stereocenters. The fourth-order valence-corrected chi connectivity index (χ4v) is 6.28. The van der Waals surface area contributed by atoms with Gasteiger partial charge in [-0.3, -0.25) is 9.69 Å². The van der Waals surface area contributed by atoms with Crippen molar-refractivity contribution in [2.24, 2.45) is 0 Å². The van der Waals surface area contributed by atoms with Gasteiger partial charge in [0.1, 0.15) is 5.69 Å². The van der Waals surface area contributed by atoms with Crippen LogP contribution in [0.15, 0.2) is 84.9 Å². The molecule has 1 N–H and O–H groups in total. The van der Waals surface area contributed by atoms with Crippen LogP contribution in [0.2, 0.25) is 0 Å². The number of nitrogens with one attached hydrogen (secondary N) is 1. The maximum absolute atomic E-state index is 13.4. The normalized spacial score (nSPS) is 17.3. The molecule has 7 heteroatoms. The van der Waals surface area contributed by atoms with E-state index in [0.29, 0.717) is 17.0 Å². The lowest BCUT2D eigenvalue weighted by Gasteiger charge is -2.40. The first-order chi connectivity index (χ1) is 20.2. The van der Waals surface area contributed by atoms with Crippen LogP contribution in [0.1, 0.15) is 60.9 Å². The van der Waals surface area contributed by atoms with Crippen molar-refractivity contribution in [1.29, 1.82) is 5.26 Å². The number of hydrogen-bond acceptors (Lipinski definition) is 6. The van der Waals surface area contributed by atoms with Crippen molar-refractivity contribution in [2.75, 3.05) is 31.1 Å². The minimum absolute atomic E-state index is 0.125. The third-order valence-corrected chi connectivity index (χ3v) is 8.40. The Balaban J connectivity index is 1.28. The zero-order valence-electron chi connectivity index (χ0n) is 23.3. The van der Waals surface area contributed by atoms with Gasteiger partial charge in [0.15, 0.2) is 11.7 Å². The number of para-hydroxylation sites is 2. The largest absolute Gasteiger partial charge is 0.352 e. The molecule has 2 fully saturated rings. The fraction of sp³-hybridized carbons (Fsp3) is 0.353. The van der Waals surface area contributed by atoms with Gasteiger partial charge in [-0.05, 0) is 36.1 Å². The average Bonchev–Trinajstić information content (AvgIpc) is 3.03. The lowest BCUT2D eigenvalue weighted by Crippen LogP contribution is -2.48. The summed E-state index contributed by atoms with van der Waals surface area (Å²) in [6.07, 6.45) is 5.36. The first kappa shape index (κ1) is 26.9. The predicted octanol–water partition coefficient (Wildman–Crippen LogP) is 5.60. The van der Waals surface area contributed by atoms with Gasteiger partial charge in [-0.25, -0.2) is 9.97 Å². The van der Waals surface area contributed by atoms with Crippen LogP contribution >= 0.6 is 0 Å². The highest BCUT2D eigenvalue weighted by atomic mass is 16.2. The number of anilines is 1. The van der Waals surface area contributed by atoms with Crippen LogP contribution < -0.4 is 10.2 Å². The maximum Gasteiger partial charge on any atom is 0.243 e. The highest BCUT2D eigenvalue weighted by molar-refractivity contribution is 5.89. The lowest BCUT2D eigenvalue weighted by molar-refractivity contribution is -0.122. The van der Waals surface area contributed by atoms with E-state index in [1.165, 1.54) is 17.5 Å². The molecule has 2 heterocycles. The summed E-state index contributed by atoms with van der Waals surface area (Å²) >= 11 is 0. The van der Waals surface area contributed by atoms with E-state index in [1.807, 2.05) is 24.3 Å². The molecule has 41 heavy (non-hydrogen) atoms. The van der Waals surface area contributed by atoms with Crippen molar-refractivity contribution in [2.45, 2.75) is 50.1 Å². The van der Waals surface area contributed by atoms with E-state index in [2.05, 4.69) is 81.8 Å². The van der Waals surface area contributed by atoms with Gasteiger partial charge >= 0.3 is 0 Å². The SMILES string of the molecule is N#CC(C(=O)NC1CCCCC1)c1nc2ccccc2nc1N1CCN(C(c2ccccc2)c2ccccc2)CC1. The summed E-state index contributed by atoms with van der Waals surface area (Å²) < 4.78 is 0. The van der Waals surface area contributed by atoms with E-state index < -0.39 is 5.92 Å². The minimum Gasteiger partial charge on any atom is -0.352 e. The smallest absolute Gasteiger partial charge is 0.243 e. The van der Waals surface area contributed by atoms with Crippen molar-refractivity contribution in [3.63, 3.8) is 0 Å². The summed E-state index contributed by atoms with van der Waals surface area (Å²) in [4.78, 5) is 28.0. The lowest BCUT2D eigenvalue weighted by atomic mass is 9.94. The monoisotopic (exact) mass is 544 g/mol. The Bertz CT molecular complexity index is 1470. The summed E-state index contributed by atoms with van der Waals surface area (Å²) in [5.41, 5.74) is 4.45. The third-order valence-electron chi connectivity index (χ3n) is 8.40. The molecular formula is C34H36N6O. The van der Waals surface area contributed by atoms with Gasteiger partial charge in [-0.2, -0.15) is 5.26 Å². The number of amides is 1. The van der Waals surface area contributed by atoms with Gasteiger partial charge in [0.2, 0.25) is 5.91 Å². The molecule has 3 aromatic carbocycles. The number of nitrogens with zero attached hydrogens (tertiary/aromatic N) is 5. The molecule has 1 aliphatic carbocycles. The molecule has 4 aromatic rings. The second-order valence-electron chi connectivity index (χ2n) is 11.1. The number of benzene rings is 3. The van der Waals surface area contributed by atoms with Crippen LogP contribution in [0.4, 0.5) is 5.82 Å². The predicted molar refractivity (Wildman–Crippen MR) is 161 cm³/mol. The molecule has 1 aromatic heterocycles. The van der Waals surface area contributed by atoms with E-state index in [-0.39, 0.29) is 18.0 Å². The van der Waals surface area contributed by atoms with Gasteiger partial charge in [0, 0.05) is 32.2 Å². The van der Waals surface area contributed by atoms with Crippen LogP contribution in [-0.2, 0) is 4.79 Å². The van der Waals surface area contributed by atoms with Crippen molar-refractivity contribution >= 4 is 22.8 Å². The Hall–Kier alpha value is -4.28. The number of rotatable bonds is 7. The highest BCUT2D eigenvalue weighted by Crippen LogP contribution is 2.33. The highest BCUT2D eigenvalue weighted by Gasteiger charge is 2.33. The average molecular weight is 545 g/mol. The number of nitriles is 1. The molecule has 0 bridgehead atoms. The second kappa shape index (κ2) is 12.5. The first-order valence-corrected chi connectivity index (χ1v) is 14.8. The second-order valence-corrected chi connectivity index (χ2v) is 11.1. The van der Waals surface area contributed by atoms with Crippen molar-refractivity contribution in [3.8, 4) is 6.07 Å². The summed E-state index contributed by atoms with van der Waals surface area (Å²) in [5, 5.41) is 13.4. The van der Waals surface area contributed by atoms with E-state index >= 15 is 0 Å². The molecule has 208 valence electrons. The van der Waals surface area contributed by atoms with Crippen LogP contribution in [0, 0.1) is 11.3 Å². The fourth-order valence-electron chi connectivity index (χ4n) is 6.28. The summed E-state index contributed by atoms with van der Waals surface area (Å²) in [6, 6.07) is 31.5. The number of piperazine rings is 1. The number of fused-ring (bicyclic) bond motifs is 1. The molecule has 0 spiro atoms. The Kier molecular flexibility index (Phi) is 8.20. The van der Waals surface area contributed by atoms with E-state index in [4.69, 9.17) is 9.97 Å². The van der Waals surface area contributed by atoms with Crippen LogP contribution in [0.3, 0.4) is 0 Å². The van der Waals surface area contributed by atoms with Gasteiger partial charge < -0.3 is 10.2 Å². The number of carbonyl (C=O) groups is 1. The van der Waals surface area contributed by atoms with Crippen LogP contribution in [0.25, 0.3) is 11.0 Å². The zero-order valence-corrected chi connectivity index (χ0v) is 23.3. The van der Waals surface area contributed by atoms with E-state index in [0.717, 1.165) is 57.4 Å². The molecule has 1 aliphatic heterocycles. The molecule has 6 rings (SSSR count). The van der Waals surface area contributed by atoms with Crippen LogP contribution in [0.5, 0.6) is 0 Å². The van der Waals surface area contributed by atoms with Gasteiger partial charge in [0.05, 0.1) is 23.1 Å². The summed E-state index contributed by atoms with van der Waals surface area (Å²) in [7, 11) is 0. The molecule has 2 aliphatic rings. The molecule has 7 nitrogen and oxygen atoms in total. The molecule has 1 saturated heterocycles. The van der Waals surface area contributed by atoms with Gasteiger partial charge in [0.25, 0.3) is 0 Å². The van der Waals surface area contributed by atoms with Crippen molar-refractivity contribution < 1.29 is 4.79 Å². The molecule has 1 saturated carbocycles. The summed E-state index contributed by atoms with van der Waals surface area (Å²) in [5.74, 6) is -0.634. The molecule has 1 atom stereocenters. The maximum atomic E-state index is 13.4. The standard InChI is InChI=1S/C34H36N6O/c35-24-28(34(41)36-27-16-8-3-9-17-27)31-33(38-30-19-11-10-18-29(30)37-31)40-22-20-39(21-23-40)32(25-12-4-1-5-13-25)26-14-6-2-7-15-26/h1-2,4-7,10-15,18-19,27-28,32H,3,8-9,16-17,20-23H2,(H,36,41). The summed E-state index contributed by atoms with van der Waals surface area (Å²) in [6.45, 7) is 3.07.